The highest BCUT2D eigenvalue weighted by Crippen LogP contribution is 2.37. The van der Waals surface area contributed by atoms with Crippen LogP contribution in [-0.2, 0) is 0 Å². The SMILES string of the molecule is C/C=C\CC1(CCC)CCNCC1. The van der Waals surface area contributed by atoms with Gasteiger partial charge in [-0.3, -0.25) is 0 Å². The number of nitrogens with one attached hydrogen (secondary N) is 1. The van der Waals surface area contributed by atoms with Gasteiger partial charge >= 0.3 is 0 Å². The maximum atomic E-state index is 3.45. The molecule has 1 fully saturated rings. The van der Waals surface area contributed by atoms with E-state index in [-0.39, 0.29) is 0 Å². The van der Waals surface area contributed by atoms with Gasteiger partial charge < -0.3 is 5.32 Å². The average molecular weight is 181 g/mol. The monoisotopic (exact) mass is 181 g/mol. The van der Waals surface area contributed by atoms with Crippen molar-refractivity contribution < 1.29 is 0 Å². The number of hydrogen-bond donors (Lipinski definition) is 1. The molecule has 1 saturated heterocycles. The molecule has 0 atom stereocenters. The van der Waals surface area contributed by atoms with Gasteiger partial charge in [0.05, 0.1) is 0 Å². The van der Waals surface area contributed by atoms with Gasteiger partial charge in [0.1, 0.15) is 0 Å². The first kappa shape index (κ1) is 10.8. The van der Waals surface area contributed by atoms with E-state index in [1.54, 1.807) is 0 Å². The molecule has 1 aliphatic heterocycles. The minimum absolute atomic E-state index is 0.631. The zero-order valence-electron chi connectivity index (χ0n) is 9.10. The Morgan fingerprint density at radius 3 is 2.54 bits per heavy atom. The summed E-state index contributed by atoms with van der Waals surface area (Å²) in [7, 11) is 0. The highest BCUT2D eigenvalue weighted by Gasteiger charge is 2.29. The molecule has 76 valence electrons. The highest BCUT2D eigenvalue weighted by atomic mass is 14.9. The molecule has 0 amide bonds. The van der Waals surface area contributed by atoms with Crippen LogP contribution in [0.5, 0.6) is 0 Å². The van der Waals surface area contributed by atoms with E-state index in [0.717, 1.165) is 0 Å². The van der Waals surface area contributed by atoms with Crippen molar-refractivity contribution in [3.63, 3.8) is 0 Å². The van der Waals surface area contributed by atoms with Crippen molar-refractivity contribution in [3.8, 4) is 0 Å². The number of rotatable bonds is 4. The van der Waals surface area contributed by atoms with E-state index >= 15 is 0 Å². The van der Waals surface area contributed by atoms with Crippen LogP contribution >= 0.6 is 0 Å². The Morgan fingerprint density at radius 2 is 2.00 bits per heavy atom. The fraction of sp³-hybridized carbons (Fsp3) is 0.833. The molecule has 0 aromatic carbocycles. The summed E-state index contributed by atoms with van der Waals surface area (Å²) in [4.78, 5) is 0. The van der Waals surface area contributed by atoms with Crippen molar-refractivity contribution in [2.24, 2.45) is 5.41 Å². The third-order valence-corrected chi connectivity index (χ3v) is 3.23. The summed E-state index contributed by atoms with van der Waals surface area (Å²) in [6.45, 7) is 6.87. The summed E-state index contributed by atoms with van der Waals surface area (Å²) in [5, 5.41) is 3.45. The van der Waals surface area contributed by atoms with E-state index < -0.39 is 0 Å². The Balaban J connectivity index is 2.50. The molecule has 1 nitrogen and oxygen atoms in total. The summed E-state index contributed by atoms with van der Waals surface area (Å²) < 4.78 is 0. The van der Waals surface area contributed by atoms with Crippen molar-refractivity contribution in [1.29, 1.82) is 0 Å². The van der Waals surface area contributed by atoms with Gasteiger partial charge in [-0.15, -0.1) is 0 Å². The lowest BCUT2D eigenvalue weighted by molar-refractivity contribution is 0.185. The maximum absolute atomic E-state index is 3.45. The third-order valence-electron chi connectivity index (χ3n) is 3.23. The molecule has 1 aliphatic rings. The second-order valence-corrected chi connectivity index (χ2v) is 4.27. The minimum atomic E-state index is 0.631. The molecule has 0 saturated carbocycles. The smallest absolute Gasteiger partial charge is 0.00435 e. The molecule has 1 rings (SSSR count). The molecule has 0 spiro atoms. The van der Waals surface area contributed by atoms with Crippen molar-refractivity contribution in [2.45, 2.75) is 46.0 Å². The van der Waals surface area contributed by atoms with Gasteiger partial charge in [0, 0.05) is 0 Å². The number of piperidine rings is 1. The summed E-state index contributed by atoms with van der Waals surface area (Å²) >= 11 is 0. The lowest BCUT2D eigenvalue weighted by Crippen LogP contribution is -2.36. The van der Waals surface area contributed by atoms with Crippen molar-refractivity contribution in [2.75, 3.05) is 13.1 Å². The first-order chi connectivity index (χ1) is 6.33. The average Bonchev–Trinajstić information content (AvgIpc) is 2.17. The van der Waals surface area contributed by atoms with E-state index in [9.17, 15) is 0 Å². The lowest BCUT2D eigenvalue weighted by Gasteiger charge is -2.37. The first-order valence-electron chi connectivity index (χ1n) is 5.65. The van der Waals surface area contributed by atoms with Gasteiger partial charge in [-0.2, -0.15) is 0 Å². The fourth-order valence-electron chi connectivity index (χ4n) is 2.41. The van der Waals surface area contributed by atoms with Crippen LogP contribution in [0.2, 0.25) is 0 Å². The van der Waals surface area contributed by atoms with Crippen molar-refractivity contribution >= 4 is 0 Å². The lowest BCUT2D eigenvalue weighted by atomic mass is 9.73. The minimum Gasteiger partial charge on any atom is -0.317 e. The Morgan fingerprint density at radius 1 is 1.31 bits per heavy atom. The molecule has 0 bridgehead atoms. The van der Waals surface area contributed by atoms with Gasteiger partial charge in [-0.25, -0.2) is 0 Å². The molecular formula is C12H23N. The summed E-state index contributed by atoms with van der Waals surface area (Å²) in [6.07, 6.45) is 11.3. The molecule has 0 aromatic heterocycles. The zero-order valence-corrected chi connectivity index (χ0v) is 9.10. The molecular weight excluding hydrogens is 158 g/mol. The van der Waals surface area contributed by atoms with Crippen LogP contribution in [0, 0.1) is 5.41 Å². The maximum Gasteiger partial charge on any atom is -0.00435 e. The Kier molecular flexibility index (Phi) is 4.51. The van der Waals surface area contributed by atoms with Crippen LogP contribution in [0.1, 0.15) is 46.0 Å². The quantitative estimate of drug-likeness (QED) is 0.657. The van der Waals surface area contributed by atoms with E-state index in [1.807, 2.05) is 0 Å². The second-order valence-electron chi connectivity index (χ2n) is 4.27. The fourth-order valence-corrected chi connectivity index (χ4v) is 2.41. The summed E-state index contributed by atoms with van der Waals surface area (Å²) in [5.74, 6) is 0. The molecule has 1 heteroatoms. The van der Waals surface area contributed by atoms with E-state index in [1.165, 1.54) is 45.2 Å². The van der Waals surface area contributed by atoms with Crippen molar-refractivity contribution in [3.05, 3.63) is 12.2 Å². The largest absolute Gasteiger partial charge is 0.317 e. The van der Waals surface area contributed by atoms with E-state index in [4.69, 9.17) is 0 Å². The van der Waals surface area contributed by atoms with Crippen LogP contribution in [0.3, 0.4) is 0 Å². The predicted octanol–water partition coefficient (Wildman–Crippen LogP) is 3.12. The normalized spacial score (nSPS) is 22.3. The molecule has 13 heavy (non-hydrogen) atoms. The van der Waals surface area contributed by atoms with Crippen LogP contribution in [0.15, 0.2) is 12.2 Å². The highest BCUT2D eigenvalue weighted by molar-refractivity contribution is 4.92. The summed E-state index contributed by atoms with van der Waals surface area (Å²) in [6, 6.07) is 0. The van der Waals surface area contributed by atoms with Crippen LogP contribution in [-0.4, -0.2) is 13.1 Å². The third kappa shape index (κ3) is 3.15. The molecule has 1 N–H and O–H groups in total. The standard InChI is InChI=1S/C12H23N/c1-3-5-7-12(6-4-2)8-10-13-11-9-12/h3,5,13H,4,6-11H2,1-2H3/b5-3-. The predicted molar refractivity (Wildman–Crippen MR) is 58.9 cm³/mol. The zero-order chi connectivity index (χ0) is 9.57. The van der Waals surface area contributed by atoms with Gasteiger partial charge in [0.25, 0.3) is 0 Å². The van der Waals surface area contributed by atoms with E-state index in [0.29, 0.717) is 5.41 Å². The molecule has 0 radical (unpaired) electrons. The second kappa shape index (κ2) is 5.43. The van der Waals surface area contributed by atoms with Crippen LogP contribution < -0.4 is 5.32 Å². The first-order valence-corrected chi connectivity index (χ1v) is 5.65. The van der Waals surface area contributed by atoms with Gasteiger partial charge in [-0.05, 0) is 51.1 Å². The Hall–Kier alpha value is -0.300. The van der Waals surface area contributed by atoms with E-state index in [2.05, 4.69) is 31.3 Å². The Bertz CT molecular complexity index is 149. The summed E-state index contributed by atoms with van der Waals surface area (Å²) in [5.41, 5.74) is 0.631. The number of allylic oxidation sites excluding steroid dienone is 2. The molecule has 0 aliphatic carbocycles. The number of hydrogen-bond acceptors (Lipinski definition) is 1. The van der Waals surface area contributed by atoms with Crippen molar-refractivity contribution in [1.82, 2.24) is 5.32 Å². The Labute approximate surface area is 82.6 Å². The topological polar surface area (TPSA) is 12.0 Å². The van der Waals surface area contributed by atoms with Gasteiger partial charge in [-0.1, -0.05) is 25.5 Å². The molecule has 1 heterocycles. The van der Waals surface area contributed by atoms with Gasteiger partial charge in [0.15, 0.2) is 0 Å². The van der Waals surface area contributed by atoms with Crippen LogP contribution in [0.25, 0.3) is 0 Å². The van der Waals surface area contributed by atoms with Crippen LogP contribution in [0.4, 0.5) is 0 Å². The molecule has 0 unspecified atom stereocenters. The molecule has 0 aromatic rings. The van der Waals surface area contributed by atoms with Gasteiger partial charge in [0.2, 0.25) is 0 Å².